The topological polar surface area (TPSA) is 88.8 Å². The number of alkyl carbamates (subject to hydrolysis) is 1. The molecule has 2 heterocycles. The van der Waals surface area contributed by atoms with Crippen molar-refractivity contribution in [3.8, 4) is 0 Å². The van der Waals surface area contributed by atoms with Crippen LogP contribution in [-0.4, -0.2) is 51.1 Å². The van der Waals surface area contributed by atoms with Crippen molar-refractivity contribution in [1.29, 1.82) is 0 Å². The van der Waals surface area contributed by atoms with E-state index in [-0.39, 0.29) is 17.2 Å². The van der Waals surface area contributed by atoms with Crippen LogP contribution < -0.4 is 5.32 Å². The van der Waals surface area contributed by atoms with E-state index in [0.717, 1.165) is 48.6 Å². The molecule has 1 aromatic carbocycles. The molecular formula is C26H36N4O4S. The average molecular weight is 501 g/mol. The number of thioether (sulfide) groups is 1. The number of rotatable bonds is 13. The van der Waals surface area contributed by atoms with Gasteiger partial charge in [0.25, 0.3) is 0 Å². The molecule has 4 rings (SSSR count). The lowest BCUT2D eigenvalue weighted by molar-refractivity contribution is -0.122. The maximum absolute atomic E-state index is 13.2. The van der Waals surface area contributed by atoms with Gasteiger partial charge in [-0.25, -0.2) is 9.78 Å². The summed E-state index contributed by atoms with van der Waals surface area (Å²) in [5.74, 6) is 0.729. The number of imidazole rings is 1. The minimum absolute atomic E-state index is 0.0294. The Morgan fingerprint density at radius 1 is 1.31 bits per heavy atom. The molecule has 1 aliphatic carbocycles. The van der Waals surface area contributed by atoms with Gasteiger partial charge in [0.1, 0.15) is 0 Å². The molecule has 190 valence electrons. The number of hydrogen-bond donors (Lipinski definition) is 1. The van der Waals surface area contributed by atoms with Crippen molar-refractivity contribution in [1.82, 2.24) is 19.9 Å². The Morgan fingerprint density at radius 3 is 2.71 bits per heavy atom. The first-order chi connectivity index (χ1) is 16.9. The van der Waals surface area contributed by atoms with Crippen LogP contribution in [0.5, 0.6) is 0 Å². The maximum Gasteiger partial charge on any atom is 0.407 e. The fourth-order valence-electron chi connectivity index (χ4n) is 4.42. The highest BCUT2D eigenvalue weighted by Crippen LogP contribution is 2.44. The molecule has 35 heavy (non-hydrogen) atoms. The Bertz CT molecular complexity index is 994. The van der Waals surface area contributed by atoms with Gasteiger partial charge in [0.05, 0.1) is 18.7 Å². The Balaban J connectivity index is 1.29. The zero-order valence-electron chi connectivity index (χ0n) is 20.8. The zero-order chi connectivity index (χ0) is 24.8. The highest BCUT2D eigenvalue weighted by Gasteiger charge is 2.49. The smallest absolute Gasteiger partial charge is 0.407 e. The predicted octanol–water partition coefficient (Wildman–Crippen LogP) is 4.87. The lowest BCUT2D eigenvalue weighted by Gasteiger charge is -2.40. The van der Waals surface area contributed by atoms with E-state index < -0.39 is 18.4 Å². The number of nitrogens with zero attached hydrogens (tertiary/aromatic N) is 3. The van der Waals surface area contributed by atoms with Gasteiger partial charge in [0.15, 0.2) is 5.16 Å². The van der Waals surface area contributed by atoms with Crippen molar-refractivity contribution in [2.75, 3.05) is 12.4 Å². The summed E-state index contributed by atoms with van der Waals surface area (Å²) in [5.41, 5.74) is 1.05. The highest BCUT2D eigenvalue weighted by atomic mass is 32.2. The van der Waals surface area contributed by atoms with Gasteiger partial charge in [0, 0.05) is 30.6 Å². The molecule has 0 bridgehead atoms. The van der Waals surface area contributed by atoms with Gasteiger partial charge in [-0.2, -0.15) is 0 Å². The fourth-order valence-corrected chi connectivity index (χ4v) is 5.63. The maximum atomic E-state index is 13.2. The average Bonchev–Trinajstić information content (AvgIpc) is 3.54. The van der Waals surface area contributed by atoms with Crippen LogP contribution in [0.4, 0.5) is 4.79 Å². The van der Waals surface area contributed by atoms with Gasteiger partial charge in [-0.3, -0.25) is 9.63 Å². The first kappa shape index (κ1) is 25.7. The molecule has 1 saturated heterocycles. The number of carbonyl (C=O) groups excluding carboxylic acids is 2. The lowest BCUT2D eigenvalue weighted by Crippen LogP contribution is -2.45. The molecule has 2 unspecified atom stereocenters. The summed E-state index contributed by atoms with van der Waals surface area (Å²) in [6.45, 7) is 4.42. The molecule has 0 spiro atoms. The Kier molecular flexibility index (Phi) is 8.51. The first-order valence-electron chi connectivity index (χ1n) is 12.5. The van der Waals surface area contributed by atoms with Gasteiger partial charge in [-0.1, -0.05) is 68.3 Å². The molecule has 1 amide bonds. The molecule has 2 fully saturated rings. The van der Waals surface area contributed by atoms with Crippen LogP contribution in [0.25, 0.3) is 0 Å². The van der Waals surface area contributed by atoms with Crippen molar-refractivity contribution in [2.45, 2.75) is 75.8 Å². The van der Waals surface area contributed by atoms with Crippen LogP contribution >= 0.6 is 11.8 Å². The number of ketones is 1. The van der Waals surface area contributed by atoms with Crippen LogP contribution in [-0.2, 0) is 21.4 Å². The molecule has 2 aromatic rings. The van der Waals surface area contributed by atoms with Gasteiger partial charge < -0.3 is 14.6 Å². The van der Waals surface area contributed by atoms with E-state index >= 15 is 0 Å². The van der Waals surface area contributed by atoms with Gasteiger partial charge >= 0.3 is 6.09 Å². The number of aryl methyl sites for hydroxylation is 1. The second-order valence-electron chi connectivity index (χ2n) is 9.68. The molecule has 1 N–H and O–H groups in total. The third kappa shape index (κ3) is 6.45. The minimum Gasteiger partial charge on any atom is -0.449 e. The molecule has 9 heteroatoms. The summed E-state index contributed by atoms with van der Waals surface area (Å²) in [4.78, 5) is 35.9. The largest absolute Gasteiger partial charge is 0.449 e. The molecule has 0 radical (unpaired) electrons. The zero-order valence-corrected chi connectivity index (χ0v) is 21.6. The van der Waals surface area contributed by atoms with Crippen LogP contribution in [0.15, 0.2) is 47.9 Å². The number of aromatic nitrogens is 2. The van der Waals surface area contributed by atoms with E-state index in [4.69, 9.17) is 9.57 Å². The fraction of sp³-hybridized carbons (Fsp3) is 0.577. The number of hydroxylamine groups is 2. The predicted molar refractivity (Wildman–Crippen MR) is 135 cm³/mol. The Labute approximate surface area is 211 Å². The van der Waals surface area contributed by atoms with Gasteiger partial charge in [-0.05, 0) is 31.7 Å². The molecule has 4 atom stereocenters. The van der Waals surface area contributed by atoms with Crippen molar-refractivity contribution in [2.24, 2.45) is 12.5 Å². The molecular weight excluding hydrogens is 464 g/mol. The highest BCUT2D eigenvalue weighted by molar-refractivity contribution is 7.99. The molecule has 1 aromatic heterocycles. The summed E-state index contributed by atoms with van der Waals surface area (Å²) in [6.07, 6.45) is 8.07. The number of nitrogens with one attached hydrogen (secondary N) is 1. The SMILES string of the molecule is CCCC[C@H](NC(=O)OCC1(CSc2nccn2C)CCC1)C(=O)C1ON1[C@H](C)c1ccccc1. The van der Waals surface area contributed by atoms with E-state index in [1.807, 2.05) is 55.1 Å². The molecule has 1 saturated carbocycles. The summed E-state index contributed by atoms with van der Waals surface area (Å²) in [7, 11) is 1.98. The van der Waals surface area contributed by atoms with Crippen molar-refractivity contribution >= 4 is 23.6 Å². The van der Waals surface area contributed by atoms with Crippen molar-refractivity contribution < 1.29 is 19.2 Å². The van der Waals surface area contributed by atoms with Crippen LogP contribution in [0.3, 0.4) is 0 Å². The summed E-state index contributed by atoms with van der Waals surface area (Å²) < 4.78 is 7.65. The summed E-state index contributed by atoms with van der Waals surface area (Å²) in [6, 6.07) is 9.26. The third-order valence-corrected chi connectivity index (χ3v) is 8.41. The molecule has 2 aliphatic rings. The van der Waals surface area contributed by atoms with E-state index in [1.165, 1.54) is 0 Å². The lowest BCUT2D eigenvalue weighted by atomic mass is 9.71. The van der Waals surface area contributed by atoms with Crippen molar-refractivity contribution in [3.63, 3.8) is 0 Å². The number of amides is 1. The van der Waals surface area contributed by atoms with Crippen LogP contribution in [0.2, 0.25) is 0 Å². The summed E-state index contributed by atoms with van der Waals surface area (Å²) in [5, 5.41) is 5.49. The Hall–Kier alpha value is -2.36. The van der Waals surface area contributed by atoms with E-state index in [0.29, 0.717) is 13.0 Å². The third-order valence-electron chi connectivity index (χ3n) is 7.00. The van der Waals surface area contributed by atoms with Crippen molar-refractivity contribution in [3.05, 3.63) is 48.3 Å². The molecule has 8 nitrogen and oxygen atoms in total. The van der Waals surface area contributed by atoms with E-state index in [2.05, 4.69) is 17.2 Å². The van der Waals surface area contributed by atoms with Crippen LogP contribution in [0, 0.1) is 5.41 Å². The number of ether oxygens (including phenoxy) is 1. The first-order valence-corrected chi connectivity index (χ1v) is 13.5. The minimum atomic E-state index is -0.639. The second-order valence-corrected chi connectivity index (χ2v) is 10.6. The standard InChI is InChI=1S/C26H36N4O4S/c1-4-5-12-21(22(31)23-30(34-23)19(2)20-10-7-6-8-11-20)28-25(32)33-17-26(13-9-14-26)18-35-24-27-15-16-29(24)3/h6-8,10-11,15-16,19,21,23H,4-5,9,12-14,17-18H2,1-3H3,(H,28,32)/t19-,21+,23?,30?/m1/s1. The number of hydrogen-bond acceptors (Lipinski definition) is 7. The van der Waals surface area contributed by atoms with Gasteiger partial charge in [0.2, 0.25) is 12.0 Å². The number of Topliss-reactive ketones (excluding diaryl/α,β-unsaturated/α-hetero) is 1. The van der Waals surface area contributed by atoms with Gasteiger partial charge in [-0.15, -0.1) is 5.06 Å². The number of unbranched alkanes of at least 4 members (excludes halogenated alkanes) is 1. The van der Waals surface area contributed by atoms with Crippen LogP contribution in [0.1, 0.15) is 64.0 Å². The number of carbonyl (C=O) groups is 2. The normalized spacial score (nSPS) is 22.0. The quantitative estimate of drug-likeness (QED) is 0.310. The second kappa shape index (κ2) is 11.6. The molecule has 1 aliphatic heterocycles. The van der Waals surface area contributed by atoms with E-state index in [1.54, 1.807) is 23.0 Å². The van der Waals surface area contributed by atoms with E-state index in [9.17, 15) is 9.59 Å². The number of benzene rings is 1. The monoisotopic (exact) mass is 500 g/mol. The summed E-state index contributed by atoms with van der Waals surface area (Å²) >= 11 is 1.70. The Morgan fingerprint density at radius 2 is 2.09 bits per heavy atom.